The molecule has 3 rings (SSSR count). The monoisotopic (exact) mass is 317 g/mol. The Labute approximate surface area is 135 Å². The van der Waals surface area contributed by atoms with Crippen LogP contribution < -0.4 is 5.32 Å². The van der Waals surface area contributed by atoms with E-state index in [-0.39, 0.29) is 11.8 Å². The van der Waals surface area contributed by atoms with Gasteiger partial charge < -0.3 is 10.4 Å². The summed E-state index contributed by atoms with van der Waals surface area (Å²) >= 11 is 6.36. The molecule has 1 aromatic carbocycles. The van der Waals surface area contributed by atoms with Crippen molar-refractivity contribution in [2.75, 3.05) is 19.6 Å². The van der Waals surface area contributed by atoms with Gasteiger partial charge in [-0.2, -0.15) is 0 Å². The van der Waals surface area contributed by atoms with Crippen molar-refractivity contribution in [3.8, 4) is 5.75 Å². The average molecular weight is 318 g/mol. The number of hydrogen-bond acceptors (Lipinski definition) is 4. The number of aromatic nitrogens is 1. The van der Waals surface area contributed by atoms with Gasteiger partial charge in [0.25, 0.3) is 0 Å². The Hall–Kier alpha value is -1.62. The molecule has 0 aliphatic carbocycles. The molecule has 1 aromatic heterocycles. The van der Waals surface area contributed by atoms with Crippen LogP contribution in [0.1, 0.15) is 23.0 Å². The van der Waals surface area contributed by atoms with E-state index in [1.54, 1.807) is 6.07 Å². The van der Waals surface area contributed by atoms with Crippen LogP contribution in [0.25, 0.3) is 0 Å². The number of benzene rings is 1. The highest BCUT2D eigenvalue weighted by atomic mass is 35.5. The minimum Gasteiger partial charge on any atom is -0.506 e. The smallest absolute Gasteiger partial charge is 0.138 e. The molecule has 0 amide bonds. The van der Waals surface area contributed by atoms with Crippen LogP contribution in [0.5, 0.6) is 5.75 Å². The molecule has 0 spiro atoms. The minimum absolute atomic E-state index is 0.184. The van der Waals surface area contributed by atoms with Gasteiger partial charge in [0.05, 0.1) is 5.69 Å². The molecule has 22 heavy (non-hydrogen) atoms. The molecule has 2 N–H and O–H groups in total. The molecule has 0 saturated carbocycles. The predicted octanol–water partition coefficient (Wildman–Crippen LogP) is 2.90. The Morgan fingerprint density at radius 3 is 2.95 bits per heavy atom. The molecule has 5 heteroatoms. The number of halogens is 1. The van der Waals surface area contributed by atoms with E-state index in [1.807, 2.05) is 31.2 Å². The van der Waals surface area contributed by atoms with E-state index in [1.165, 1.54) is 0 Å². The molecular formula is C17H20ClN3O. The van der Waals surface area contributed by atoms with Gasteiger partial charge in [-0.05, 0) is 30.7 Å². The van der Waals surface area contributed by atoms with Crippen molar-refractivity contribution in [3.05, 3.63) is 58.4 Å². The zero-order valence-corrected chi connectivity index (χ0v) is 13.3. The third kappa shape index (κ3) is 3.24. The molecule has 1 saturated heterocycles. The van der Waals surface area contributed by atoms with Crippen molar-refractivity contribution < 1.29 is 5.11 Å². The second-order valence-electron chi connectivity index (χ2n) is 5.63. The van der Waals surface area contributed by atoms with E-state index >= 15 is 0 Å². The van der Waals surface area contributed by atoms with E-state index in [4.69, 9.17) is 11.6 Å². The van der Waals surface area contributed by atoms with Crippen LogP contribution in [0.3, 0.4) is 0 Å². The molecule has 2 aromatic rings. The van der Waals surface area contributed by atoms with Crippen LogP contribution in [-0.2, 0) is 6.54 Å². The second kappa shape index (κ2) is 6.65. The quantitative estimate of drug-likeness (QED) is 0.914. The summed E-state index contributed by atoms with van der Waals surface area (Å²) in [5, 5.41) is 14.2. The molecule has 1 aliphatic rings. The van der Waals surface area contributed by atoms with Crippen molar-refractivity contribution in [3.63, 3.8) is 0 Å². The first kappa shape index (κ1) is 15.3. The van der Waals surface area contributed by atoms with Crippen LogP contribution >= 0.6 is 11.6 Å². The maximum absolute atomic E-state index is 10.0. The van der Waals surface area contributed by atoms with Gasteiger partial charge in [-0.1, -0.05) is 29.8 Å². The van der Waals surface area contributed by atoms with Crippen LogP contribution in [-0.4, -0.2) is 34.6 Å². The molecular weight excluding hydrogens is 298 g/mol. The highest BCUT2D eigenvalue weighted by Gasteiger charge is 2.26. The molecule has 1 aliphatic heterocycles. The topological polar surface area (TPSA) is 48.4 Å². The van der Waals surface area contributed by atoms with Gasteiger partial charge in [0, 0.05) is 42.9 Å². The molecule has 2 heterocycles. The maximum atomic E-state index is 10.0. The summed E-state index contributed by atoms with van der Waals surface area (Å²) in [4.78, 5) is 6.79. The van der Waals surface area contributed by atoms with Crippen LogP contribution in [0.4, 0.5) is 0 Å². The van der Waals surface area contributed by atoms with E-state index < -0.39 is 0 Å². The standard InChI is InChI=1S/C17H20ClN3O/c1-12-6-7-17(22)15(20-12)11-21-9-8-19-10-16(21)13-4-2-3-5-14(13)18/h2-7,16,19,22H,8-11H2,1H3. The van der Waals surface area contributed by atoms with Crippen molar-refractivity contribution in [1.82, 2.24) is 15.2 Å². The van der Waals surface area contributed by atoms with E-state index in [2.05, 4.69) is 21.3 Å². The normalized spacial score (nSPS) is 19.3. The van der Waals surface area contributed by atoms with Gasteiger partial charge in [0.2, 0.25) is 0 Å². The lowest BCUT2D eigenvalue weighted by Crippen LogP contribution is -2.45. The summed E-state index contributed by atoms with van der Waals surface area (Å²) in [6.07, 6.45) is 0. The van der Waals surface area contributed by atoms with E-state index in [0.717, 1.165) is 41.6 Å². The minimum atomic E-state index is 0.184. The zero-order valence-electron chi connectivity index (χ0n) is 12.6. The van der Waals surface area contributed by atoms with Crippen LogP contribution in [0, 0.1) is 6.92 Å². The first-order chi connectivity index (χ1) is 10.6. The summed E-state index contributed by atoms with van der Waals surface area (Å²) < 4.78 is 0. The molecule has 1 fully saturated rings. The lowest BCUT2D eigenvalue weighted by Gasteiger charge is -2.36. The summed E-state index contributed by atoms with van der Waals surface area (Å²) in [5.74, 6) is 0.252. The first-order valence-electron chi connectivity index (χ1n) is 7.50. The molecule has 0 radical (unpaired) electrons. The third-order valence-corrected chi connectivity index (χ3v) is 4.40. The summed E-state index contributed by atoms with van der Waals surface area (Å²) in [5.41, 5.74) is 2.75. The summed E-state index contributed by atoms with van der Waals surface area (Å²) in [7, 11) is 0. The van der Waals surface area contributed by atoms with Gasteiger partial charge >= 0.3 is 0 Å². The Kier molecular flexibility index (Phi) is 4.62. The lowest BCUT2D eigenvalue weighted by molar-refractivity contribution is 0.150. The highest BCUT2D eigenvalue weighted by Crippen LogP contribution is 2.30. The zero-order chi connectivity index (χ0) is 15.5. The van der Waals surface area contributed by atoms with Crippen LogP contribution in [0.2, 0.25) is 5.02 Å². The van der Waals surface area contributed by atoms with Gasteiger partial charge in [-0.3, -0.25) is 9.88 Å². The van der Waals surface area contributed by atoms with Crippen molar-refractivity contribution in [2.45, 2.75) is 19.5 Å². The number of rotatable bonds is 3. The van der Waals surface area contributed by atoms with Gasteiger partial charge in [-0.25, -0.2) is 0 Å². The Balaban J connectivity index is 1.87. The molecule has 1 atom stereocenters. The Morgan fingerprint density at radius 1 is 1.32 bits per heavy atom. The van der Waals surface area contributed by atoms with Crippen LogP contribution in [0.15, 0.2) is 36.4 Å². The van der Waals surface area contributed by atoms with Crippen molar-refractivity contribution in [2.24, 2.45) is 0 Å². The summed E-state index contributed by atoms with van der Waals surface area (Å²) in [6.45, 7) is 5.21. The number of nitrogens with one attached hydrogen (secondary N) is 1. The maximum Gasteiger partial charge on any atom is 0.138 e. The number of pyridine rings is 1. The van der Waals surface area contributed by atoms with Gasteiger partial charge in [0.1, 0.15) is 5.75 Å². The Bertz CT molecular complexity index is 662. The third-order valence-electron chi connectivity index (χ3n) is 4.06. The fraction of sp³-hybridized carbons (Fsp3) is 0.353. The Morgan fingerprint density at radius 2 is 2.14 bits per heavy atom. The average Bonchev–Trinajstić information content (AvgIpc) is 2.52. The predicted molar refractivity (Wildman–Crippen MR) is 88.1 cm³/mol. The lowest BCUT2D eigenvalue weighted by atomic mass is 10.0. The van der Waals surface area contributed by atoms with Gasteiger partial charge in [-0.15, -0.1) is 0 Å². The first-order valence-corrected chi connectivity index (χ1v) is 7.87. The summed E-state index contributed by atoms with van der Waals surface area (Å²) in [6, 6.07) is 11.7. The largest absolute Gasteiger partial charge is 0.506 e. The van der Waals surface area contributed by atoms with E-state index in [0.29, 0.717) is 6.54 Å². The SMILES string of the molecule is Cc1ccc(O)c(CN2CCNCC2c2ccccc2Cl)n1. The second-order valence-corrected chi connectivity index (χ2v) is 6.04. The fourth-order valence-corrected chi connectivity index (χ4v) is 3.16. The van der Waals surface area contributed by atoms with Gasteiger partial charge in [0.15, 0.2) is 0 Å². The number of aryl methyl sites for hydroxylation is 1. The molecule has 4 nitrogen and oxygen atoms in total. The number of aromatic hydroxyl groups is 1. The fourth-order valence-electron chi connectivity index (χ4n) is 2.90. The molecule has 116 valence electrons. The molecule has 1 unspecified atom stereocenters. The highest BCUT2D eigenvalue weighted by molar-refractivity contribution is 6.31. The number of piperazine rings is 1. The number of hydrogen-bond donors (Lipinski definition) is 2. The molecule has 0 bridgehead atoms. The van der Waals surface area contributed by atoms with Crippen molar-refractivity contribution >= 4 is 11.6 Å². The number of nitrogens with zero attached hydrogens (tertiary/aromatic N) is 2. The van der Waals surface area contributed by atoms with Crippen molar-refractivity contribution in [1.29, 1.82) is 0 Å². The van der Waals surface area contributed by atoms with E-state index in [9.17, 15) is 5.11 Å².